The summed E-state index contributed by atoms with van der Waals surface area (Å²) in [7, 11) is 0. The molecular formula is C25H23N3O2S. The molecule has 0 atom stereocenters. The number of thiazole rings is 1. The lowest BCUT2D eigenvalue weighted by atomic mass is 10.1. The molecule has 0 aliphatic heterocycles. The van der Waals surface area contributed by atoms with Crippen LogP contribution in [0.5, 0.6) is 11.5 Å². The zero-order chi connectivity index (χ0) is 21.6. The molecule has 5 nitrogen and oxygen atoms in total. The zero-order valence-corrected chi connectivity index (χ0v) is 18.2. The van der Waals surface area contributed by atoms with Gasteiger partial charge in [0, 0.05) is 5.56 Å². The second-order valence-corrected chi connectivity index (χ2v) is 7.96. The van der Waals surface area contributed by atoms with Crippen molar-refractivity contribution >= 4 is 22.7 Å². The van der Waals surface area contributed by atoms with Crippen LogP contribution in [0.3, 0.4) is 0 Å². The van der Waals surface area contributed by atoms with Crippen molar-refractivity contribution in [1.82, 2.24) is 4.98 Å². The Morgan fingerprint density at radius 3 is 2.55 bits per heavy atom. The summed E-state index contributed by atoms with van der Waals surface area (Å²) in [6, 6.07) is 23.7. The van der Waals surface area contributed by atoms with Crippen molar-refractivity contribution in [3.05, 3.63) is 83.9 Å². The van der Waals surface area contributed by atoms with E-state index in [1.807, 2.05) is 25.1 Å². The maximum atomic E-state index is 9.84. The van der Waals surface area contributed by atoms with Crippen molar-refractivity contribution in [1.29, 1.82) is 0 Å². The summed E-state index contributed by atoms with van der Waals surface area (Å²) in [5, 5.41) is 14.9. The number of aromatic hydroxyl groups is 1. The Kier molecular flexibility index (Phi) is 6.29. The lowest BCUT2D eigenvalue weighted by molar-refractivity contribution is 0.318. The Morgan fingerprint density at radius 1 is 1.03 bits per heavy atom. The second-order valence-electron chi connectivity index (χ2n) is 6.96. The lowest BCUT2D eigenvalue weighted by Gasteiger charge is -2.05. The molecule has 0 amide bonds. The molecule has 0 saturated carbocycles. The highest BCUT2D eigenvalue weighted by atomic mass is 32.1. The predicted octanol–water partition coefficient (Wildman–Crippen LogP) is 6.34. The molecule has 0 saturated heterocycles. The number of nitrogens with one attached hydrogen (secondary N) is 1. The number of benzene rings is 3. The van der Waals surface area contributed by atoms with Gasteiger partial charge in [0.15, 0.2) is 11.5 Å². The van der Waals surface area contributed by atoms with Crippen LogP contribution in [0.25, 0.3) is 21.7 Å². The lowest BCUT2D eigenvalue weighted by Crippen LogP contribution is -1.94. The van der Waals surface area contributed by atoms with Gasteiger partial charge in [0.05, 0.1) is 23.4 Å². The summed E-state index contributed by atoms with van der Waals surface area (Å²) in [6.45, 7) is 4.43. The van der Waals surface area contributed by atoms with E-state index in [0.29, 0.717) is 17.5 Å². The fourth-order valence-corrected chi connectivity index (χ4v) is 4.05. The van der Waals surface area contributed by atoms with Gasteiger partial charge in [-0.25, -0.2) is 4.98 Å². The summed E-state index contributed by atoms with van der Waals surface area (Å²) in [5.74, 6) is 0.552. The molecule has 0 radical (unpaired) electrons. The van der Waals surface area contributed by atoms with Crippen LogP contribution in [0, 0.1) is 6.92 Å². The van der Waals surface area contributed by atoms with Crippen molar-refractivity contribution in [3.8, 4) is 33.2 Å². The number of anilines is 1. The third-order valence-corrected chi connectivity index (χ3v) is 5.65. The van der Waals surface area contributed by atoms with Gasteiger partial charge in [-0.3, -0.25) is 5.43 Å². The fraction of sp³-hybridized carbons (Fsp3) is 0.120. The summed E-state index contributed by atoms with van der Waals surface area (Å²) < 4.78 is 5.42. The van der Waals surface area contributed by atoms with Gasteiger partial charge in [-0.15, -0.1) is 0 Å². The van der Waals surface area contributed by atoms with Gasteiger partial charge in [-0.2, -0.15) is 5.10 Å². The maximum Gasteiger partial charge on any atom is 0.204 e. The number of hydrazone groups is 1. The number of hydrogen-bond acceptors (Lipinski definition) is 6. The molecule has 1 aromatic heterocycles. The molecule has 0 aliphatic carbocycles. The van der Waals surface area contributed by atoms with Crippen LogP contribution in [0.1, 0.15) is 18.1 Å². The number of hydrogen-bond donors (Lipinski definition) is 2. The highest BCUT2D eigenvalue weighted by Gasteiger charge is 2.14. The van der Waals surface area contributed by atoms with Gasteiger partial charge in [0.25, 0.3) is 0 Å². The molecule has 4 rings (SSSR count). The Hall–Kier alpha value is -3.64. The zero-order valence-electron chi connectivity index (χ0n) is 17.4. The minimum atomic E-state index is 0.113. The second kappa shape index (κ2) is 9.45. The maximum absolute atomic E-state index is 9.84. The molecule has 0 unspecified atom stereocenters. The van der Waals surface area contributed by atoms with Crippen molar-refractivity contribution in [2.75, 3.05) is 12.0 Å². The van der Waals surface area contributed by atoms with E-state index >= 15 is 0 Å². The molecular weight excluding hydrogens is 406 g/mol. The number of phenols is 1. The summed E-state index contributed by atoms with van der Waals surface area (Å²) in [4.78, 5) is 5.90. The fourth-order valence-electron chi connectivity index (χ4n) is 3.10. The van der Waals surface area contributed by atoms with E-state index in [1.54, 1.807) is 35.8 Å². The van der Waals surface area contributed by atoms with E-state index in [9.17, 15) is 5.11 Å². The molecule has 6 heteroatoms. The van der Waals surface area contributed by atoms with Crippen LogP contribution >= 0.6 is 11.3 Å². The van der Waals surface area contributed by atoms with Crippen molar-refractivity contribution in [3.63, 3.8) is 0 Å². The number of aromatic nitrogens is 1. The normalized spacial score (nSPS) is 11.0. The Bertz CT molecular complexity index is 1190. The average Bonchev–Trinajstić information content (AvgIpc) is 3.21. The standard InChI is InChI=1S/C25H23N3O2S/c1-3-30-22-15-18(11-14-21(22)29)16-26-28-25-27-23(19-12-9-17(2)10-13-19)24(31-25)20-7-5-4-6-8-20/h4-16,29H,3H2,1-2H3,(H,27,28)/b26-16-. The van der Waals surface area contributed by atoms with E-state index in [4.69, 9.17) is 9.72 Å². The monoisotopic (exact) mass is 429 g/mol. The van der Waals surface area contributed by atoms with E-state index in [0.717, 1.165) is 27.3 Å². The smallest absolute Gasteiger partial charge is 0.204 e. The first-order valence-electron chi connectivity index (χ1n) is 10.0. The molecule has 3 aromatic carbocycles. The van der Waals surface area contributed by atoms with Crippen LogP contribution in [0.4, 0.5) is 5.13 Å². The van der Waals surface area contributed by atoms with Gasteiger partial charge in [-0.1, -0.05) is 71.5 Å². The molecule has 0 aliphatic rings. The van der Waals surface area contributed by atoms with Crippen molar-refractivity contribution in [2.45, 2.75) is 13.8 Å². The van der Waals surface area contributed by atoms with E-state index < -0.39 is 0 Å². The third kappa shape index (κ3) is 4.92. The minimum absolute atomic E-state index is 0.113. The first-order valence-corrected chi connectivity index (χ1v) is 10.8. The first kappa shape index (κ1) is 20.6. The number of ether oxygens (including phenoxy) is 1. The molecule has 2 N–H and O–H groups in total. The topological polar surface area (TPSA) is 66.7 Å². The summed E-state index contributed by atoms with van der Waals surface area (Å²) in [6.07, 6.45) is 1.68. The van der Waals surface area contributed by atoms with Gasteiger partial charge < -0.3 is 9.84 Å². The molecule has 0 spiro atoms. The molecule has 156 valence electrons. The minimum Gasteiger partial charge on any atom is -0.504 e. The molecule has 0 bridgehead atoms. The molecule has 31 heavy (non-hydrogen) atoms. The number of phenolic OH excluding ortho intramolecular Hbond substituents is 1. The highest BCUT2D eigenvalue weighted by molar-refractivity contribution is 7.19. The predicted molar refractivity (Wildman–Crippen MR) is 128 cm³/mol. The molecule has 1 heterocycles. The van der Waals surface area contributed by atoms with Crippen molar-refractivity contribution in [2.24, 2.45) is 5.10 Å². The van der Waals surface area contributed by atoms with Crippen molar-refractivity contribution < 1.29 is 9.84 Å². The highest BCUT2D eigenvalue weighted by Crippen LogP contribution is 2.39. The Labute approximate surface area is 185 Å². The largest absolute Gasteiger partial charge is 0.504 e. The average molecular weight is 430 g/mol. The SMILES string of the molecule is CCOc1cc(/C=N\Nc2nc(-c3ccc(C)cc3)c(-c3ccccc3)s2)ccc1O. The number of nitrogens with zero attached hydrogens (tertiary/aromatic N) is 2. The van der Waals surface area contributed by atoms with E-state index in [1.165, 1.54) is 5.56 Å². The van der Waals surface area contributed by atoms with Gasteiger partial charge >= 0.3 is 0 Å². The number of aryl methyl sites for hydroxylation is 1. The van der Waals surface area contributed by atoms with Gasteiger partial charge in [0.2, 0.25) is 5.13 Å². The summed E-state index contributed by atoms with van der Waals surface area (Å²) >= 11 is 1.56. The van der Waals surface area contributed by atoms with E-state index in [2.05, 4.69) is 53.8 Å². The molecule has 0 fully saturated rings. The van der Waals surface area contributed by atoms with Gasteiger partial charge in [-0.05, 0) is 43.2 Å². The summed E-state index contributed by atoms with van der Waals surface area (Å²) in [5.41, 5.74) is 8.18. The van der Waals surface area contributed by atoms with E-state index in [-0.39, 0.29) is 5.75 Å². The first-order chi connectivity index (χ1) is 15.1. The van der Waals surface area contributed by atoms with Gasteiger partial charge in [0.1, 0.15) is 0 Å². The van der Waals surface area contributed by atoms with Crippen LogP contribution < -0.4 is 10.2 Å². The van der Waals surface area contributed by atoms with Crippen LogP contribution in [-0.2, 0) is 0 Å². The number of rotatable bonds is 7. The van der Waals surface area contributed by atoms with Crippen LogP contribution in [0.2, 0.25) is 0 Å². The van der Waals surface area contributed by atoms with Crippen LogP contribution in [-0.4, -0.2) is 22.9 Å². The quantitative estimate of drug-likeness (QED) is 0.266. The van der Waals surface area contributed by atoms with Crippen LogP contribution in [0.15, 0.2) is 77.9 Å². The third-order valence-electron chi connectivity index (χ3n) is 4.65. The molecule has 4 aromatic rings. The Morgan fingerprint density at radius 2 is 1.81 bits per heavy atom. The Balaban J connectivity index is 1.61.